The number of hydrogen-bond donors (Lipinski definition) is 1. The number of anilines is 2. The first-order chi connectivity index (χ1) is 11.6. The molecule has 25 heavy (non-hydrogen) atoms. The third kappa shape index (κ3) is 4.88. The lowest BCUT2D eigenvalue weighted by Crippen LogP contribution is -2.45. The molecule has 0 aromatic heterocycles. The largest absolute Gasteiger partial charge is 0.376 e. The number of likely N-dealkylation sites (tertiary alicyclic amines) is 1. The monoisotopic (exact) mass is 365 g/mol. The van der Waals surface area contributed by atoms with Crippen molar-refractivity contribution in [2.75, 3.05) is 37.4 Å². The third-order valence-corrected chi connectivity index (χ3v) is 4.73. The van der Waals surface area contributed by atoms with Gasteiger partial charge in [0, 0.05) is 43.5 Å². The highest BCUT2D eigenvalue weighted by atomic mass is 35.5. The average molecular weight is 366 g/mol. The Morgan fingerprint density at radius 3 is 2.32 bits per heavy atom. The van der Waals surface area contributed by atoms with Crippen LogP contribution in [-0.2, 0) is 9.59 Å². The van der Waals surface area contributed by atoms with Gasteiger partial charge in [0.15, 0.2) is 0 Å². The molecule has 1 N–H and O–H groups in total. The van der Waals surface area contributed by atoms with Gasteiger partial charge in [-0.05, 0) is 31.0 Å². The van der Waals surface area contributed by atoms with E-state index in [9.17, 15) is 9.59 Å². The van der Waals surface area contributed by atoms with E-state index in [-0.39, 0.29) is 23.1 Å². The van der Waals surface area contributed by atoms with Crippen LogP contribution in [0.25, 0.3) is 0 Å². The maximum atomic E-state index is 12.7. The van der Waals surface area contributed by atoms with E-state index in [0.29, 0.717) is 31.0 Å². The molecule has 1 saturated heterocycles. The number of nitrogens with one attached hydrogen (secondary N) is 1. The molecule has 1 fully saturated rings. The van der Waals surface area contributed by atoms with Gasteiger partial charge in [0.2, 0.25) is 11.8 Å². The third-order valence-electron chi connectivity index (χ3n) is 4.49. The number of halogens is 1. The van der Waals surface area contributed by atoms with E-state index in [0.717, 1.165) is 11.4 Å². The zero-order valence-corrected chi connectivity index (χ0v) is 16.5. The standard InChI is InChI=1S/C19H28ClN3O2/c1-19(2,3)18(25)23-10-8-13(9-11-23)17(24)21-15-12-14(20)6-7-16(15)22(4)5/h6-7,12-13H,8-11H2,1-5H3,(H,21,24). The molecule has 6 heteroatoms. The van der Waals surface area contributed by atoms with Crippen molar-refractivity contribution in [2.24, 2.45) is 11.3 Å². The van der Waals surface area contributed by atoms with Gasteiger partial charge < -0.3 is 15.1 Å². The van der Waals surface area contributed by atoms with E-state index in [4.69, 9.17) is 11.6 Å². The summed E-state index contributed by atoms with van der Waals surface area (Å²) in [5.74, 6) is 0.0577. The van der Waals surface area contributed by atoms with Crippen LogP contribution in [0.3, 0.4) is 0 Å². The van der Waals surface area contributed by atoms with E-state index < -0.39 is 0 Å². The van der Waals surface area contributed by atoms with Gasteiger partial charge in [-0.25, -0.2) is 0 Å². The van der Waals surface area contributed by atoms with Crippen LogP contribution in [0.2, 0.25) is 5.02 Å². The van der Waals surface area contributed by atoms with Gasteiger partial charge >= 0.3 is 0 Å². The minimum absolute atomic E-state index is 0.00627. The number of nitrogens with zero attached hydrogens (tertiary/aromatic N) is 2. The van der Waals surface area contributed by atoms with Crippen molar-refractivity contribution in [1.29, 1.82) is 0 Å². The highest BCUT2D eigenvalue weighted by molar-refractivity contribution is 6.31. The van der Waals surface area contributed by atoms with E-state index in [1.54, 1.807) is 6.07 Å². The number of benzene rings is 1. The fourth-order valence-electron chi connectivity index (χ4n) is 3.05. The summed E-state index contributed by atoms with van der Waals surface area (Å²) in [5, 5.41) is 3.60. The Morgan fingerprint density at radius 2 is 1.80 bits per heavy atom. The Hall–Kier alpha value is -1.75. The number of hydrogen-bond acceptors (Lipinski definition) is 3. The Bertz CT molecular complexity index is 645. The van der Waals surface area contributed by atoms with Gasteiger partial charge in [0.1, 0.15) is 0 Å². The molecule has 0 unspecified atom stereocenters. The molecule has 0 bridgehead atoms. The summed E-state index contributed by atoms with van der Waals surface area (Å²) in [5.41, 5.74) is 1.25. The Balaban J connectivity index is 2.00. The number of piperidine rings is 1. The Kier molecular flexibility index (Phi) is 5.99. The van der Waals surface area contributed by atoms with Crippen molar-refractivity contribution in [3.8, 4) is 0 Å². The van der Waals surface area contributed by atoms with Crippen LogP contribution >= 0.6 is 11.6 Å². The number of amides is 2. The minimum atomic E-state index is -0.378. The van der Waals surface area contributed by atoms with Crippen molar-refractivity contribution >= 4 is 34.8 Å². The average Bonchev–Trinajstić information content (AvgIpc) is 2.53. The van der Waals surface area contributed by atoms with E-state index in [1.807, 2.05) is 56.8 Å². The van der Waals surface area contributed by atoms with Crippen LogP contribution in [0.1, 0.15) is 33.6 Å². The summed E-state index contributed by atoms with van der Waals surface area (Å²) in [6, 6.07) is 5.47. The number of carbonyl (C=O) groups excluding carboxylic acids is 2. The van der Waals surface area contributed by atoms with E-state index in [2.05, 4.69) is 5.32 Å². The first kappa shape index (κ1) is 19.6. The lowest BCUT2D eigenvalue weighted by atomic mass is 9.90. The molecule has 2 amide bonds. The van der Waals surface area contributed by atoms with Gasteiger partial charge in [0.25, 0.3) is 0 Å². The zero-order valence-electron chi connectivity index (χ0n) is 15.7. The molecule has 0 aliphatic carbocycles. The molecule has 0 saturated carbocycles. The van der Waals surface area contributed by atoms with Crippen LogP contribution in [0.5, 0.6) is 0 Å². The van der Waals surface area contributed by atoms with Crippen LogP contribution in [0, 0.1) is 11.3 Å². The summed E-state index contributed by atoms with van der Waals surface area (Å²) in [4.78, 5) is 28.8. The smallest absolute Gasteiger partial charge is 0.227 e. The summed E-state index contributed by atoms with van der Waals surface area (Å²) < 4.78 is 0. The molecule has 2 rings (SSSR count). The van der Waals surface area contributed by atoms with Crippen molar-refractivity contribution in [3.63, 3.8) is 0 Å². The van der Waals surface area contributed by atoms with Gasteiger partial charge in [0.05, 0.1) is 11.4 Å². The fourth-order valence-corrected chi connectivity index (χ4v) is 3.22. The van der Waals surface area contributed by atoms with Crippen molar-refractivity contribution in [1.82, 2.24) is 4.90 Å². The quantitative estimate of drug-likeness (QED) is 0.889. The lowest BCUT2D eigenvalue weighted by molar-refractivity contribution is -0.142. The summed E-state index contributed by atoms with van der Waals surface area (Å²) >= 11 is 6.07. The summed E-state index contributed by atoms with van der Waals surface area (Å²) in [6.45, 7) is 7.04. The minimum Gasteiger partial charge on any atom is -0.376 e. The van der Waals surface area contributed by atoms with Gasteiger partial charge in [-0.3, -0.25) is 9.59 Å². The molecule has 1 aliphatic heterocycles. The van der Waals surface area contributed by atoms with Crippen molar-refractivity contribution in [2.45, 2.75) is 33.6 Å². The highest BCUT2D eigenvalue weighted by Crippen LogP contribution is 2.30. The maximum Gasteiger partial charge on any atom is 0.227 e. The molecule has 1 aliphatic rings. The van der Waals surface area contributed by atoms with Crippen LogP contribution < -0.4 is 10.2 Å². The lowest BCUT2D eigenvalue weighted by Gasteiger charge is -2.35. The topological polar surface area (TPSA) is 52.7 Å². The van der Waals surface area contributed by atoms with Crippen LogP contribution in [0.15, 0.2) is 18.2 Å². The Morgan fingerprint density at radius 1 is 1.20 bits per heavy atom. The Labute approximate surface area is 155 Å². The number of carbonyl (C=O) groups is 2. The second-order valence-electron chi connectivity index (χ2n) is 7.86. The second kappa shape index (κ2) is 7.65. The maximum absolute atomic E-state index is 12.7. The first-order valence-corrected chi connectivity index (χ1v) is 9.04. The van der Waals surface area contributed by atoms with Crippen molar-refractivity contribution < 1.29 is 9.59 Å². The molecular weight excluding hydrogens is 338 g/mol. The van der Waals surface area contributed by atoms with E-state index >= 15 is 0 Å². The summed E-state index contributed by atoms with van der Waals surface area (Å²) in [6.07, 6.45) is 1.37. The molecular formula is C19H28ClN3O2. The molecule has 1 heterocycles. The molecule has 0 spiro atoms. The zero-order chi connectivity index (χ0) is 18.8. The number of rotatable bonds is 3. The molecule has 0 atom stereocenters. The van der Waals surface area contributed by atoms with Crippen molar-refractivity contribution in [3.05, 3.63) is 23.2 Å². The normalized spacial score (nSPS) is 15.8. The highest BCUT2D eigenvalue weighted by Gasteiger charge is 2.32. The van der Waals surface area contributed by atoms with E-state index in [1.165, 1.54) is 0 Å². The molecule has 1 aromatic carbocycles. The van der Waals surface area contributed by atoms with Gasteiger partial charge in [-0.15, -0.1) is 0 Å². The summed E-state index contributed by atoms with van der Waals surface area (Å²) in [7, 11) is 3.85. The SMILES string of the molecule is CN(C)c1ccc(Cl)cc1NC(=O)C1CCN(C(=O)C(C)(C)C)CC1. The van der Waals surface area contributed by atoms with Crippen LogP contribution in [-0.4, -0.2) is 43.9 Å². The van der Waals surface area contributed by atoms with Gasteiger partial charge in [-0.2, -0.15) is 0 Å². The molecule has 5 nitrogen and oxygen atoms in total. The predicted molar refractivity (Wildman–Crippen MR) is 103 cm³/mol. The first-order valence-electron chi connectivity index (χ1n) is 8.66. The fraction of sp³-hybridized carbons (Fsp3) is 0.579. The predicted octanol–water partition coefficient (Wildman–Crippen LogP) is 3.63. The molecule has 1 aromatic rings. The molecule has 0 radical (unpaired) electrons. The molecule has 138 valence electrons. The van der Waals surface area contributed by atoms with Gasteiger partial charge in [-0.1, -0.05) is 32.4 Å². The second-order valence-corrected chi connectivity index (χ2v) is 8.30. The van der Waals surface area contributed by atoms with Crippen LogP contribution in [0.4, 0.5) is 11.4 Å².